The van der Waals surface area contributed by atoms with Crippen LogP contribution in [0.4, 0.5) is 17.1 Å². The first-order valence-corrected chi connectivity index (χ1v) is 21.6. The summed E-state index contributed by atoms with van der Waals surface area (Å²) in [4.78, 5) is 2.36. The minimum atomic E-state index is 0.901. The molecule has 0 spiro atoms. The van der Waals surface area contributed by atoms with Crippen molar-refractivity contribution in [1.82, 2.24) is 0 Å². The Morgan fingerprint density at radius 2 is 0.852 bits per heavy atom. The smallest absolute Gasteiger partial charge is 0.136 e. The number of furan rings is 1. The predicted molar refractivity (Wildman–Crippen MR) is 261 cm³/mol. The van der Waals surface area contributed by atoms with Crippen LogP contribution in [0.1, 0.15) is 0 Å². The summed E-state index contributed by atoms with van der Waals surface area (Å²) in [5.74, 6) is 0. The van der Waals surface area contributed by atoms with Crippen molar-refractivity contribution < 1.29 is 4.42 Å². The van der Waals surface area contributed by atoms with Crippen LogP contribution in [0.15, 0.2) is 229 Å². The van der Waals surface area contributed by atoms with Crippen LogP contribution in [-0.2, 0) is 0 Å². The minimum absolute atomic E-state index is 0.901. The quantitative estimate of drug-likeness (QED) is 0.160. The van der Waals surface area contributed by atoms with Crippen molar-refractivity contribution in [2.45, 2.75) is 0 Å². The lowest BCUT2D eigenvalue weighted by Crippen LogP contribution is -2.09. The van der Waals surface area contributed by atoms with E-state index in [4.69, 9.17) is 4.42 Å². The van der Waals surface area contributed by atoms with Crippen molar-refractivity contribution in [3.05, 3.63) is 224 Å². The molecule has 61 heavy (non-hydrogen) atoms. The van der Waals surface area contributed by atoms with Crippen molar-refractivity contribution in [1.29, 1.82) is 0 Å². The summed E-state index contributed by atoms with van der Waals surface area (Å²) in [5, 5.41) is 7.42. The van der Waals surface area contributed by atoms with E-state index in [1.165, 1.54) is 64.3 Å². The second-order valence-electron chi connectivity index (χ2n) is 15.6. The van der Waals surface area contributed by atoms with Gasteiger partial charge in [0.25, 0.3) is 0 Å². The molecule has 0 aliphatic heterocycles. The summed E-state index contributed by atoms with van der Waals surface area (Å²) in [6.45, 7) is 0. The first-order chi connectivity index (χ1) is 30.2. The molecular weight excluding hydrogens is 759 g/mol. The van der Waals surface area contributed by atoms with Crippen LogP contribution >= 0.6 is 11.3 Å². The van der Waals surface area contributed by atoms with Gasteiger partial charge in [0.1, 0.15) is 11.2 Å². The molecule has 0 radical (unpaired) electrons. The molecule has 0 saturated heterocycles. The van der Waals surface area contributed by atoms with E-state index in [0.29, 0.717) is 0 Å². The largest absolute Gasteiger partial charge is 0.456 e. The van der Waals surface area contributed by atoms with Crippen LogP contribution in [0.25, 0.3) is 97.4 Å². The molecule has 0 unspecified atom stereocenters. The summed E-state index contributed by atoms with van der Waals surface area (Å²) in [5.41, 5.74) is 14.7. The molecule has 0 atom stereocenters. The fourth-order valence-electron chi connectivity index (χ4n) is 9.16. The second-order valence-corrected chi connectivity index (χ2v) is 16.7. The van der Waals surface area contributed by atoms with Crippen molar-refractivity contribution in [3.63, 3.8) is 0 Å². The van der Waals surface area contributed by atoms with E-state index >= 15 is 0 Å². The standard InChI is InChI=1S/C58H37NOS/c1-2-15-47-39(11-1)12-8-18-48(47)43-14-7-13-42(37-43)38-25-31-44(32-26-38)59(45-33-27-40(28-34-45)49-19-10-23-55-57(49)53-17-3-5-22-54(53)60-55)46-35-29-41(30-36-46)50-20-9-21-52-51-16-4-6-24-56(51)61-58(50)52/h1-37H. The molecule has 2 aromatic heterocycles. The fourth-order valence-corrected chi connectivity index (χ4v) is 10.4. The van der Waals surface area contributed by atoms with Crippen molar-refractivity contribution in [2.24, 2.45) is 0 Å². The zero-order chi connectivity index (χ0) is 40.3. The van der Waals surface area contributed by atoms with Gasteiger partial charge in [-0.2, -0.15) is 0 Å². The zero-order valence-corrected chi connectivity index (χ0v) is 33.9. The maximum Gasteiger partial charge on any atom is 0.136 e. The van der Waals surface area contributed by atoms with E-state index in [-0.39, 0.29) is 0 Å². The SMILES string of the molecule is c1cc(-c2ccc(N(c3ccc(-c4cccc5c4sc4ccccc45)cc3)c3ccc(-c4cccc5oc6ccccc6c45)cc3)cc2)cc(-c2cccc3ccccc23)c1. The van der Waals surface area contributed by atoms with Gasteiger partial charge in [-0.05, 0) is 116 Å². The number of hydrogen-bond acceptors (Lipinski definition) is 3. The fraction of sp³-hybridized carbons (Fsp3) is 0. The third-order valence-electron chi connectivity index (χ3n) is 12.1. The van der Waals surface area contributed by atoms with E-state index < -0.39 is 0 Å². The molecule has 0 aliphatic rings. The molecule has 12 aromatic rings. The molecule has 10 aromatic carbocycles. The van der Waals surface area contributed by atoms with Crippen molar-refractivity contribution in [2.75, 3.05) is 4.90 Å². The predicted octanol–water partition coefficient (Wildman–Crippen LogP) is 17.2. The van der Waals surface area contributed by atoms with Gasteiger partial charge in [0.15, 0.2) is 0 Å². The highest BCUT2D eigenvalue weighted by Gasteiger charge is 2.17. The highest BCUT2D eigenvalue weighted by molar-refractivity contribution is 7.26. The Balaban J connectivity index is 0.937. The topological polar surface area (TPSA) is 16.4 Å². The number of fused-ring (bicyclic) bond motifs is 7. The summed E-state index contributed by atoms with van der Waals surface area (Å²) >= 11 is 1.87. The molecule has 2 heterocycles. The maximum absolute atomic E-state index is 6.25. The molecule has 286 valence electrons. The van der Waals surface area contributed by atoms with Gasteiger partial charge in [0.2, 0.25) is 0 Å². The van der Waals surface area contributed by atoms with Gasteiger partial charge >= 0.3 is 0 Å². The lowest BCUT2D eigenvalue weighted by Gasteiger charge is -2.26. The molecule has 12 rings (SSSR count). The molecule has 3 heteroatoms. The number of benzene rings is 10. The average Bonchev–Trinajstić information content (AvgIpc) is 3.91. The van der Waals surface area contributed by atoms with E-state index in [9.17, 15) is 0 Å². The number of thiophene rings is 1. The summed E-state index contributed by atoms with van der Waals surface area (Å²) in [6, 6.07) is 81.1. The van der Waals surface area contributed by atoms with E-state index in [1.54, 1.807) is 0 Å². The molecule has 0 N–H and O–H groups in total. The molecule has 0 fully saturated rings. The van der Waals surface area contributed by atoms with Crippen LogP contribution in [0.2, 0.25) is 0 Å². The highest BCUT2D eigenvalue weighted by Crippen LogP contribution is 2.43. The van der Waals surface area contributed by atoms with E-state index in [0.717, 1.165) is 50.1 Å². The Hall–Kier alpha value is -7.72. The van der Waals surface area contributed by atoms with Crippen LogP contribution in [-0.4, -0.2) is 0 Å². The third-order valence-corrected chi connectivity index (χ3v) is 13.3. The Morgan fingerprint density at radius 3 is 1.64 bits per heavy atom. The van der Waals surface area contributed by atoms with Gasteiger partial charge in [-0.3, -0.25) is 0 Å². The monoisotopic (exact) mass is 795 g/mol. The molecule has 0 amide bonds. The molecule has 0 saturated carbocycles. The number of nitrogens with zero attached hydrogens (tertiary/aromatic N) is 1. The van der Waals surface area contributed by atoms with Crippen molar-refractivity contribution in [3.8, 4) is 44.5 Å². The normalized spacial score (nSPS) is 11.6. The second kappa shape index (κ2) is 14.5. The number of hydrogen-bond donors (Lipinski definition) is 0. The minimum Gasteiger partial charge on any atom is -0.456 e. The number of para-hydroxylation sites is 1. The average molecular weight is 796 g/mol. The Morgan fingerprint density at radius 1 is 0.328 bits per heavy atom. The van der Waals surface area contributed by atoms with E-state index in [2.05, 4.69) is 217 Å². The van der Waals surface area contributed by atoms with Gasteiger partial charge in [-0.1, -0.05) is 164 Å². The maximum atomic E-state index is 6.25. The highest BCUT2D eigenvalue weighted by atomic mass is 32.1. The number of rotatable bonds is 7. The first-order valence-electron chi connectivity index (χ1n) is 20.7. The molecule has 2 nitrogen and oxygen atoms in total. The van der Waals surface area contributed by atoms with Crippen LogP contribution in [0.5, 0.6) is 0 Å². The van der Waals surface area contributed by atoms with Gasteiger partial charge < -0.3 is 9.32 Å². The van der Waals surface area contributed by atoms with Gasteiger partial charge in [-0.25, -0.2) is 0 Å². The van der Waals surface area contributed by atoms with Crippen LogP contribution in [0.3, 0.4) is 0 Å². The Bertz CT molecular complexity index is 3570. The van der Waals surface area contributed by atoms with Gasteiger partial charge in [0, 0.05) is 48.0 Å². The van der Waals surface area contributed by atoms with Crippen LogP contribution in [0, 0.1) is 0 Å². The molecular formula is C58H37NOS. The zero-order valence-electron chi connectivity index (χ0n) is 33.1. The van der Waals surface area contributed by atoms with Gasteiger partial charge in [0.05, 0.1) is 0 Å². The summed E-state index contributed by atoms with van der Waals surface area (Å²) in [6.07, 6.45) is 0. The van der Waals surface area contributed by atoms with Crippen molar-refractivity contribution >= 4 is 81.3 Å². The van der Waals surface area contributed by atoms with Crippen LogP contribution < -0.4 is 4.90 Å². The first kappa shape index (κ1) is 35.2. The Labute approximate surface area is 357 Å². The summed E-state index contributed by atoms with van der Waals surface area (Å²) in [7, 11) is 0. The molecule has 0 bridgehead atoms. The number of anilines is 3. The van der Waals surface area contributed by atoms with E-state index in [1.807, 2.05) is 23.5 Å². The van der Waals surface area contributed by atoms with Gasteiger partial charge in [-0.15, -0.1) is 11.3 Å². The third kappa shape index (κ3) is 6.09. The summed E-state index contributed by atoms with van der Waals surface area (Å²) < 4.78 is 8.89. The molecule has 0 aliphatic carbocycles. The lowest BCUT2D eigenvalue weighted by atomic mass is 9.95. The Kier molecular flexibility index (Phi) is 8.39. The lowest BCUT2D eigenvalue weighted by molar-refractivity contribution is 0.669.